The lowest BCUT2D eigenvalue weighted by molar-refractivity contribution is 0.271. The predicted molar refractivity (Wildman–Crippen MR) is 75.0 cm³/mol. The molecule has 3 rings (SSSR count). The van der Waals surface area contributed by atoms with Crippen molar-refractivity contribution in [2.45, 2.75) is 6.92 Å². The Bertz CT molecular complexity index is 583. The normalized spacial score (nSPS) is 17.3. The van der Waals surface area contributed by atoms with E-state index >= 15 is 0 Å². The average molecular weight is 261 g/mol. The topological polar surface area (TPSA) is 76.1 Å². The molecule has 0 aliphatic carbocycles. The van der Waals surface area contributed by atoms with Crippen molar-refractivity contribution in [2.24, 2.45) is 7.05 Å². The van der Waals surface area contributed by atoms with Gasteiger partial charge in [-0.05, 0) is 6.54 Å². The Morgan fingerprint density at radius 1 is 1.21 bits per heavy atom. The molecular weight excluding hydrogens is 242 g/mol. The zero-order chi connectivity index (χ0) is 13.4. The molecule has 1 aliphatic rings. The van der Waals surface area contributed by atoms with Gasteiger partial charge in [0.25, 0.3) is 0 Å². The van der Waals surface area contributed by atoms with Crippen LogP contribution in [0.1, 0.15) is 6.92 Å². The summed E-state index contributed by atoms with van der Waals surface area (Å²) in [4.78, 5) is 13.4. The van der Waals surface area contributed by atoms with Crippen LogP contribution in [0.15, 0.2) is 6.33 Å². The number of anilines is 2. The largest absolute Gasteiger partial charge is 0.382 e. The van der Waals surface area contributed by atoms with E-state index in [0.717, 1.165) is 49.6 Å². The molecule has 0 atom stereocenters. The van der Waals surface area contributed by atoms with E-state index in [4.69, 9.17) is 5.73 Å². The van der Waals surface area contributed by atoms with Crippen LogP contribution in [0.2, 0.25) is 0 Å². The van der Waals surface area contributed by atoms with Crippen LogP contribution in [0.4, 0.5) is 11.6 Å². The summed E-state index contributed by atoms with van der Waals surface area (Å²) < 4.78 is 1.71. The van der Waals surface area contributed by atoms with Crippen LogP contribution in [0, 0.1) is 0 Å². The molecule has 3 heterocycles. The fourth-order valence-electron chi connectivity index (χ4n) is 2.62. The van der Waals surface area contributed by atoms with Crippen LogP contribution in [0.3, 0.4) is 0 Å². The fraction of sp³-hybridized carbons (Fsp3) is 0.583. The molecule has 0 aromatic carbocycles. The number of nitrogens with two attached hydrogens (primary N) is 1. The van der Waals surface area contributed by atoms with Crippen LogP contribution < -0.4 is 10.6 Å². The van der Waals surface area contributed by atoms with Gasteiger partial charge in [0.15, 0.2) is 11.5 Å². The lowest BCUT2D eigenvalue weighted by Gasteiger charge is -2.34. The van der Waals surface area contributed by atoms with E-state index in [-0.39, 0.29) is 0 Å². The Morgan fingerprint density at radius 2 is 1.95 bits per heavy atom. The van der Waals surface area contributed by atoms with E-state index in [0.29, 0.717) is 5.82 Å². The number of likely N-dealkylation sites (N-methyl/N-ethyl adjacent to an activating group) is 1. The van der Waals surface area contributed by atoms with Crippen molar-refractivity contribution in [3.8, 4) is 0 Å². The van der Waals surface area contributed by atoms with Crippen molar-refractivity contribution in [3.05, 3.63) is 6.33 Å². The Labute approximate surface area is 112 Å². The van der Waals surface area contributed by atoms with Gasteiger partial charge in [-0.2, -0.15) is 5.10 Å². The van der Waals surface area contributed by atoms with Gasteiger partial charge >= 0.3 is 0 Å². The maximum Gasteiger partial charge on any atom is 0.165 e. The summed E-state index contributed by atoms with van der Waals surface area (Å²) in [5.41, 5.74) is 6.78. The minimum absolute atomic E-state index is 0.506. The molecule has 0 bridgehead atoms. The molecule has 0 spiro atoms. The van der Waals surface area contributed by atoms with Crippen LogP contribution in [-0.4, -0.2) is 57.4 Å². The zero-order valence-electron chi connectivity index (χ0n) is 11.4. The van der Waals surface area contributed by atoms with Crippen molar-refractivity contribution < 1.29 is 0 Å². The number of nitrogen functional groups attached to an aromatic ring is 1. The highest BCUT2D eigenvalue weighted by Gasteiger charge is 2.21. The standard InChI is InChI=1S/C12H19N7/c1-3-18-4-6-19(7-5-18)12-9-10(13)16-17(2)11(9)14-8-15-12/h8H,3-7H2,1-2H3,(H2,13,16). The zero-order valence-corrected chi connectivity index (χ0v) is 11.4. The third-order valence-corrected chi connectivity index (χ3v) is 3.75. The van der Waals surface area contributed by atoms with Gasteiger partial charge in [-0.3, -0.25) is 0 Å². The van der Waals surface area contributed by atoms with Gasteiger partial charge in [-0.15, -0.1) is 0 Å². The minimum atomic E-state index is 0.506. The molecule has 0 unspecified atom stereocenters. The quantitative estimate of drug-likeness (QED) is 0.825. The molecule has 1 saturated heterocycles. The molecule has 102 valence electrons. The molecule has 7 heteroatoms. The van der Waals surface area contributed by atoms with E-state index < -0.39 is 0 Å². The Hall–Kier alpha value is -1.89. The van der Waals surface area contributed by atoms with Gasteiger partial charge in [0.05, 0.1) is 0 Å². The molecule has 19 heavy (non-hydrogen) atoms. The van der Waals surface area contributed by atoms with Gasteiger partial charge in [0.2, 0.25) is 0 Å². The summed E-state index contributed by atoms with van der Waals surface area (Å²) in [7, 11) is 1.85. The summed E-state index contributed by atoms with van der Waals surface area (Å²) >= 11 is 0. The summed E-state index contributed by atoms with van der Waals surface area (Å²) in [6.45, 7) is 7.34. The summed E-state index contributed by atoms with van der Waals surface area (Å²) in [6, 6.07) is 0. The number of rotatable bonds is 2. The highest BCUT2D eigenvalue weighted by atomic mass is 15.3. The fourth-order valence-corrected chi connectivity index (χ4v) is 2.62. The highest BCUT2D eigenvalue weighted by Crippen LogP contribution is 2.27. The second kappa shape index (κ2) is 4.65. The van der Waals surface area contributed by atoms with E-state index in [1.165, 1.54) is 0 Å². The number of hydrogen-bond acceptors (Lipinski definition) is 6. The first-order chi connectivity index (χ1) is 9.20. The number of nitrogens with zero attached hydrogens (tertiary/aromatic N) is 6. The monoisotopic (exact) mass is 261 g/mol. The lowest BCUT2D eigenvalue weighted by Crippen LogP contribution is -2.46. The third kappa shape index (κ3) is 1.99. The Balaban J connectivity index is 1.97. The van der Waals surface area contributed by atoms with Crippen LogP contribution in [0.25, 0.3) is 11.0 Å². The molecular formula is C12H19N7. The second-order valence-corrected chi connectivity index (χ2v) is 4.83. The van der Waals surface area contributed by atoms with Crippen LogP contribution >= 0.6 is 0 Å². The average Bonchev–Trinajstić information content (AvgIpc) is 2.74. The first-order valence-corrected chi connectivity index (χ1v) is 6.61. The van der Waals surface area contributed by atoms with Crippen molar-refractivity contribution in [1.82, 2.24) is 24.6 Å². The smallest absolute Gasteiger partial charge is 0.165 e. The third-order valence-electron chi connectivity index (χ3n) is 3.75. The number of piperazine rings is 1. The lowest BCUT2D eigenvalue weighted by atomic mass is 10.2. The second-order valence-electron chi connectivity index (χ2n) is 4.83. The molecule has 2 aromatic heterocycles. The first kappa shape index (κ1) is 12.2. The van der Waals surface area contributed by atoms with Crippen molar-refractivity contribution in [3.63, 3.8) is 0 Å². The number of fused-ring (bicyclic) bond motifs is 1. The van der Waals surface area contributed by atoms with Gasteiger partial charge in [0.1, 0.15) is 17.5 Å². The molecule has 0 saturated carbocycles. The maximum absolute atomic E-state index is 5.99. The van der Waals surface area contributed by atoms with E-state index in [1.54, 1.807) is 11.0 Å². The Morgan fingerprint density at radius 3 is 2.63 bits per heavy atom. The van der Waals surface area contributed by atoms with Gasteiger partial charge in [0, 0.05) is 33.2 Å². The van der Waals surface area contributed by atoms with E-state index in [9.17, 15) is 0 Å². The van der Waals surface area contributed by atoms with E-state index in [1.807, 2.05) is 7.05 Å². The number of aromatic nitrogens is 4. The minimum Gasteiger partial charge on any atom is -0.382 e. The van der Waals surface area contributed by atoms with Crippen molar-refractivity contribution in [1.29, 1.82) is 0 Å². The van der Waals surface area contributed by atoms with Crippen LogP contribution in [-0.2, 0) is 7.05 Å². The first-order valence-electron chi connectivity index (χ1n) is 6.61. The summed E-state index contributed by atoms with van der Waals surface area (Å²) in [6.07, 6.45) is 1.59. The number of aryl methyl sites for hydroxylation is 1. The highest BCUT2D eigenvalue weighted by molar-refractivity contribution is 5.96. The molecule has 0 amide bonds. The Kier molecular flexibility index (Phi) is 2.98. The van der Waals surface area contributed by atoms with Gasteiger partial charge in [-0.25, -0.2) is 14.6 Å². The predicted octanol–water partition coefficient (Wildman–Crippen LogP) is 0.0874. The number of hydrogen-bond donors (Lipinski definition) is 1. The molecule has 2 N–H and O–H groups in total. The summed E-state index contributed by atoms with van der Waals surface area (Å²) in [5.74, 6) is 1.41. The maximum atomic E-state index is 5.99. The molecule has 1 aliphatic heterocycles. The van der Waals surface area contributed by atoms with Crippen molar-refractivity contribution in [2.75, 3.05) is 43.4 Å². The van der Waals surface area contributed by atoms with Crippen LogP contribution in [0.5, 0.6) is 0 Å². The van der Waals surface area contributed by atoms with Crippen molar-refractivity contribution >= 4 is 22.7 Å². The molecule has 2 aromatic rings. The van der Waals surface area contributed by atoms with Gasteiger partial charge < -0.3 is 15.5 Å². The van der Waals surface area contributed by atoms with E-state index in [2.05, 4.69) is 31.8 Å². The molecule has 7 nitrogen and oxygen atoms in total. The van der Waals surface area contributed by atoms with Gasteiger partial charge in [-0.1, -0.05) is 6.92 Å². The molecule has 0 radical (unpaired) electrons. The summed E-state index contributed by atoms with van der Waals surface area (Å²) in [5, 5.41) is 5.10. The molecule has 1 fully saturated rings. The SMILES string of the molecule is CCN1CCN(c2ncnc3c2c(N)nn3C)CC1.